The van der Waals surface area contributed by atoms with Gasteiger partial charge in [-0.1, -0.05) is 29.4 Å². The molecule has 0 aliphatic heterocycles. The number of oxime groups is 1. The Kier molecular flexibility index (Phi) is 6.61. The molecule has 0 heterocycles. The number of aryl methyl sites for hydroxylation is 1. The predicted octanol–water partition coefficient (Wildman–Crippen LogP) is 3.82. The molecule has 146 valence electrons. The minimum atomic E-state index is -0.0259. The van der Waals surface area contributed by atoms with E-state index in [2.05, 4.69) is 16.1 Å². The Hall–Kier alpha value is -2.92. The van der Waals surface area contributed by atoms with Crippen LogP contribution in [0, 0.1) is 0 Å². The largest absolute Gasteiger partial charge is 0.492 e. The SMILES string of the molecule is CON=C1CCc2cc(/C=C/C(=O)c3ccc(OCCN(C)C)cc3)ccc21. The highest BCUT2D eigenvalue weighted by Crippen LogP contribution is 2.24. The first-order chi connectivity index (χ1) is 13.6. The second-order valence-electron chi connectivity index (χ2n) is 7.01. The van der Waals surface area contributed by atoms with Gasteiger partial charge in [0.25, 0.3) is 0 Å². The molecule has 3 rings (SSSR count). The summed E-state index contributed by atoms with van der Waals surface area (Å²) in [6.07, 6.45) is 5.30. The molecule has 0 saturated carbocycles. The predicted molar refractivity (Wildman–Crippen MR) is 112 cm³/mol. The number of benzene rings is 2. The van der Waals surface area contributed by atoms with E-state index in [1.807, 2.05) is 44.4 Å². The lowest BCUT2D eigenvalue weighted by Gasteiger charge is -2.11. The van der Waals surface area contributed by atoms with Gasteiger partial charge in [0.15, 0.2) is 5.78 Å². The zero-order chi connectivity index (χ0) is 19.9. The van der Waals surface area contributed by atoms with Crippen molar-refractivity contribution in [2.24, 2.45) is 5.16 Å². The van der Waals surface area contributed by atoms with Gasteiger partial charge in [0.05, 0.1) is 5.71 Å². The monoisotopic (exact) mass is 378 g/mol. The fraction of sp³-hybridized carbons (Fsp3) is 0.304. The van der Waals surface area contributed by atoms with Crippen molar-refractivity contribution in [1.82, 2.24) is 4.90 Å². The summed E-state index contributed by atoms with van der Waals surface area (Å²) in [5, 5.41) is 4.07. The lowest BCUT2D eigenvalue weighted by Crippen LogP contribution is -2.19. The lowest BCUT2D eigenvalue weighted by atomic mass is 10.0. The van der Waals surface area contributed by atoms with Gasteiger partial charge in [-0.15, -0.1) is 0 Å². The zero-order valence-electron chi connectivity index (χ0n) is 16.6. The second-order valence-corrected chi connectivity index (χ2v) is 7.01. The van der Waals surface area contributed by atoms with Gasteiger partial charge in [-0.05, 0) is 68.4 Å². The first-order valence-corrected chi connectivity index (χ1v) is 9.40. The number of hydrogen-bond donors (Lipinski definition) is 0. The number of carbonyl (C=O) groups is 1. The molecule has 5 heteroatoms. The average Bonchev–Trinajstić information content (AvgIpc) is 3.09. The van der Waals surface area contributed by atoms with E-state index in [1.54, 1.807) is 25.3 Å². The second kappa shape index (κ2) is 9.33. The van der Waals surface area contributed by atoms with Gasteiger partial charge >= 0.3 is 0 Å². The smallest absolute Gasteiger partial charge is 0.185 e. The highest BCUT2D eigenvalue weighted by molar-refractivity contribution is 6.07. The number of ketones is 1. The molecule has 0 radical (unpaired) electrons. The third kappa shape index (κ3) is 5.08. The standard InChI is InChI=1S/C23H26N2O3/c1-25(2)14-15-28-20-9-6-18(7-10-20)23(26)13-5-17-4-11-21-19(16-17)8-12-22(21)24-27-3/h4-7,9-11,13,16H,8,12,14-15H2,1-3H3/b13-5+,24-22?. The number of nitrogens with zero attached hydrogens (tertiary/aromatic N) is 2. The van der Waals surface area contributed by atoms with Crippen LogP contribution in [0.25, 0.3) is 6.08 Å². The zero-order valence-corrected chi connectivity index (χ0v) is 16.6. The molecule has 2 aromatic carbocycles. The first-order valence-electron chi connectivity index (χ1n) is 9.40. The molecule has 0 aromatic heterocycles. The molecular formula is C23H26N2O3. The minimum Gasteiger partial charge on any atom is -0.492 e. The molecular weight excluding hydrogens is 352 g/mol. The maximum atomic E-state index is 12.4. The van der Waals surface area contributed by atoms with Gasteiger partial charge in [0.1, 0.15) is 19.5 Å². The van der Waals surface area contributed by atoms with Crippen molar-refractivity contribution in [2.45, 2.75) is 12.8 Å². The normalized spacial score (nSPS) is 14.6. The van der Waals surface area contributed by atoms with Crippen LogP contribution in [0.5, 0.6) is 5.75 Å². The van der Waals surface area contributed by atoms with Crippen LogP contribution in [0.2, 0.25) is 0 Å². The Bertz CT molecular complexity index is 883. The van der Waals surface area contributed by atoms with Gasteiger partial charge in [-0.25, -0.2) is 0 Å². The topological polar surface area (TPSA) is 51.1 Å². The molecule has 0 atom stereocenters. The number of ether oxygens (including phenoxy) is 1. The molecule has 0 unspecified atom stereocenters. The van der Waals surface area contributed by atoms with Crippen LogP contribution in [-0.4, -0.2) is 50.8 Å². The van der Waals surface area contributed by atoms with Crippen molar-refractivity contribution in [3.63, 3.8) is 0 Å². The number of fused-ring (bicyclic) bond motifs is 1. The van der Waals surface area contributed by atoms with E-state index in [0.717, 1.165) is 42.0 Å². The van der Waals surface area contributed by atoms with Gasteiger partial charge in [-0.2, -0.15) is 0 Å². The third-order valence-corrected chi connectivity index (χ3v) is 4.65. The molecule has 1 aliphatic rings. The first kappa shape index (κ1) is 19.8. The van der Waals surface area contributed by atoms with Gasteiger partial charge in [-0.3, -0.25) is 4.79 Å². The van der Waals surface area contributed by atoms with Crippen molar-refractivity contribution in [2.75, 3.05) is 34.4 Å². The van der Waals surface area contributed by atoms with Crippen LogP contribution in [0.1, 0.15) is 33.5 Å². The van der Waals surface area contributed by atoms with E-state index in [1.165, 1.54) is 5.56 Å². The van der Waals surface area contributed by atoms with E-state index in [-0.39, 0.29) is 5.78 Å². The van der Waals surface area contributed by atoms with E-state index in [9.17, 15) is 4.79 Å². The highest BCUT2D eigenvalue weighted by atomic mass is 16.6. The van der Waals surface area contributed by atoms with Crippen LogP contribution >= 0.6 is 0 Å². The molecule has 0 spiro atoms. The Morgan fingerprint density at radius 2 is 1.93 bits per heavy atom. The third-order valence-electron chi connectivity index (χ3n) is 4.65. The summed E-state index contributed by atoms with van der Waals surface area (Å²) in [6, 6.07) is 13.4. The maximum Gasteiger partial charge on any atom is 0.185 e. The van der Waals surface area contributed by atoms with Crippen LogP contribution in [0.4, 0.5) is 0 Å². The molecule has 0 bridgehead atoms. The van der Waals surface area contributed by atoms with E-state index < -0.39 is 0 Å². The van der Waals surface area contributed by atoms with Crippen LogP contribution < -0.4 is 4.74 Å². The molecule has 0 N–H and O–H groups in total. The number of hydrogen-bond acceptors (Lipinski definition) is 5. The Balaban J connectivity index is 1.62. The number of carbonyl (C=O) groups excluding carboxylic acids is 1. The summed E-state index contributed by atoms with van der Waals surface area (Å²) < 4.78 is 5.66. The highest BCUT2D eigenvalue weighted by Gasteiger charge is 2.18. The molecule has 5 nitrogen and oxygen atoms in total. The number of rotatable bonds is 8. The fourth-order valence-corrected chi connectivity index (χ4v) is 3.13. The molecule has 28 heavy (non-hydrogen) atoms. The fourth-order valence-electron chi connectivity index (χ4n) is 3.13. The Labute approximate surface area is 166 Å². The maximum absolute atomic E-state index is 12.4. The molecule has 2 aromatic rings. The molecule has 0 fully saturated rings. The van der Waals surface area contributed by atoms with Crippen molar-refractivity contribution in [3.8, 4) is 5.75 Å². The van der Waals surface area contributed by atoms with Crippen LogP contribution in [-0.2, 0) is 11.3 Å². The number of allylic oxidation sites excluding steroid dienone is 1. The van der Waals surface area contributed by atoms with Crippen molar-refractivity contribution >= 4 is 17.6 Å². The summed E-state index contributed by atoms with van der Waals surface area (Å²) in [7, 11) is 5.57. The van der Waals surface area contributed by atoms with Crippen LogP contribution in [0.15, 0.2) is 53.7 Å². The van der Waals surface area contributed by atoms with Gasteiger partial charge in [0.2, 0.25) is 0 Å². The quantitative estimate of drug-likeness (QED) is 0.398. The Morgan fingerprint density at radius 1 is 1.14 bits per heavy atom. The van der Waals surface area contributed by atoms with Crippen molar-refractivity contribution in [3.05, 3.63) is 70.8 Å². The van der Waals surface area contributed by atoms with Gasteiger partial charge < -0.3 is 14.5 Å². The van der Waals surface area contributed by atoms with Crippen molar-refractivity contribution < 1.29 is 14.4 Å². The Morgan fingerprint density at radius 3 is 2.64 bits per heavy atom. The van der Waals surface area contributed by atoms with Crippen molar-refractivity contribution in [1.29, 1.82) is 0 Å². The summed E-state index contributed by atoms with van der Waals surface area (Å²) in [5.74, 6) is 0.747. The van der Waals surface area contributed by atoms with E-state index >= 15 is 0 Å². The summed E-state index contributed by atoms with van der Waals surface area (Å²) in [6.45, 7) is 1.47. The summed E-state index contributed by atoms with van der Waals surface area (Å²) in [4.78, 5) is 19.4. The van der Waals surface area contributed by atoms with Gasteiger partial charge in [0, 0.05) is 17.7 Å². The van der Waals surface area contributed by atoms with E-state index in [4.69, 9.17) is 9.57 Å². The molecule has 1 aliphatic carbocycles. The minimum absolute atomic E-state index is 0.0259. The lowest BCUT2D eigenvalue weighted by molar-refractivity contribution is 0.104. The number of likely N-dealkylation sites (N-methyl/N-ethyl adjacent to an activating group) is 1. The van der Waals surface area contributed by atoms with E-state index in [0.29, 0.717) is 12.2 Å². The summed E-state index contributed by atoms with van der Waals surface area (Å²) in [5.41, 5.74) is 5.01. The summed E-state index contributed by atoms with van der Waals surface area (Å²) >= 11 is 0. The molecule has 0 saturated heterocycles. The molecule has 0 amide bonds. The van der Waals surface area contributed by atoms with Crippen LogP contribution in [0.3, 0.4) is 0 Å². The average molecular weight is 378 g/mol.